The summed E-state index contributed by atoms with van der Waals surface area (Å²) in [7, 11) is 0. The summed E-state index contributed by atoms with van der Waals surface area (Å²) in [4.78, 5) is 4.10. The van der Waals surface area contributed by atoms with Crippen LogP contribution in [0.1, 0.15) is 25.1 Å². The fraction of sp³-hybridized carbons (Fsp3) is 0.750. The summed E-state index contributed by atoms with van der Waals surface area (Å²) in [6.07, 6.45) is 2.36. The third-order valence-electron chi connectivity index (χ3n) is 2.33. The van der Waals surface area contributed by atoms with Gasteiger partial charge in [-0.25, -0.2) is 9.37 Å². The van der Waals surface area contributed by atoms with E-state index in [1.165, 1.54) is 11.5 Å². The summed E-state index contributed by atoms with van der Waals surface area (Å²) in [5.74, 6) is 0.744. The molecule has 0 amide bonds. The Labute approximate surface area is 80.6 Å². The Morgan fingerprint density at radius 1 is 1.62 bits per heavy atom. The number of aryl methyl sites for hydroxylation is 1. The van der Waals surface area contributed by atoms with E-state index in [0.717, 1.165) is 17.4 Å². The molecule has 1 saturated carbocycles. The molecule has 2 rings (SSSR count). The van der Waals surface area contributed by atoms with Crippen molar-refractivity contribution in [3.63, 3.8) is 0 Å². The zero-order chi connectivity index (χ0) is 9.31. The Hall–Kier alpha value is -0.710. The van der Waals surface area contributed by atoms with Crippen LogP contribution in [0.2, 0.25) is 0 Å². The molecular formula is C8H12FN3S. The minimum Gasteiger partial charge on any atom is -0.357 e. The van der Waals surface area contributed by atoms with E-state index < -0.39 is 5.67 Å². The standard InChI is InChI=1S/C8H12FN3S/c1-6-11-7(13-12-6)10-5-8(9)3-2-4-8/h2-5H2,1H3,(H,10,11,12). The SMILES string of the molecule is Cc1nsc(NCC2(F)CCC2)n1. The van der Waals surface area contributed by atoms with Crippen LogP contribution < -0.4 is 5.32 Å². The second kappa shape index (κ2) is 3.21. The third kappa shape index (κ3) is 1.96. The molecule has 0 bridgehead atoms. The maximum absolute atomic E-state index is 13.5. The topological polar surface area (TPSA) is 37.8 Å². The highest BCUT2D eigenvalue weighted by atomic mass is 32.1. The number of hydrogen-bond donors (Lipinski definition) is 1. The summed E-state index contributed by atoms with van der Waals surface area (Å²) in [5.41, 5.74) is -0.987. The molecule has 3 nitrogen and oxygen atoms in total. The van der Waals surface area contributed by atoms with Crippen molar-refractivity contribution in [3.05, 3.63) is 5.82 Å². The van der Waals surface area contributed by atoms with Crippen molar-refractivity contribution in [1.29, 1.82) is 0 Å². The summed E-state index contributed by atoms with van der Waals surface area (Å²) in [6, 6.07) is 0. The molecule has 0 atom stereocenters. The molecule has 1 aliphatic carbocycles. The molecule has 1 aliphatic rings. The first kappa shape index (κ1) is 8.87. The number of halogens is 1. The van der Waals surface area contributed by atoms with Crippen molar-refractivity contribution in [2.45, 2.75) is 31.9 Å². The molecule has 1 aromatic rings. The molecule has 0 radical (unpaired) electrons. The van der Waals surface area contributed by atoms with Gasteiger partial charge in [-0.1, -0.05) is 0 Å². The number of anilines is 1. The van der Waals surface area contributed by atoms with Crippen molar-refractivity contribution in [2.75, 3.05) is 11.9 Å². The molecule has 0 aliphatic heterocycles. The van der Waals surface area contributed by atoms with Gasteiger partial charge < -0.3 is 5.32 Å². The van der Waals surface area contributed by atoms with Gasteiger partial charge in [-0.3, -0.25) is 0 Å². The van der Waals surface area contributed by atoms with Gasteiger partial charge >= 0.3 is 0 Å². The van der Waals surface area contributed by atoms with Gasteiger partial charge in [-0.05, 0) is 26.2 Å². The summed E-state index contributed by atoms with van der Waals surface area (Å²) in [6.45, 7) is 2.21. The number of nitrogens with one attached hydrogen (secondary N) is 1. The molecule has 1 heterocycles. The van der Waals surface area contributed by atoms with Gasteiger partial charge in [0.1, 0.15) is 11.5 Å². The van der Waals surface area contributed by atoms with Gasteiger partial charge in [0, 0.05) is 11.5 Å². The monoisotopic (exact) mass is 201 g/mol. The van der Waals surface area contributed by atoms with Crippen LogP contribution in [0.3, 0.4) is 0 Å². The fourth-order valence-electron chi connectivity index (χ4n) is 1.34. The largest absolute Gasteiger partial charge is 0.357 e. The Kier molecular flexibility index (Phi) is 2.19. The first-order chi connectivity index (χ1) is 6.18. The predicted octanol–water partition coefficient (Wildman–Crippen LogP) is 2.15. The van der Waals surface area contributed by atoms with Crippen LogP contribution in [-0.4, -0.2) is 21.6 Å². The van der Waals surface area contributed by atoms with Crippen LogP contribution in [0.4, 0.5) is 9.52 Å². The van der Waals surface area contributed by atoms with Crippen LogP contribution in [0.15, 0.2) is 0 Å². The maximum atomic E-state index is 13.5. The minimum atomic E-state index is -0.987. The Morgan fingerprint density at radius 3 is 2.85 bits per heavy atom. The molecular weight excluding hydrogens is 189 g/mol. The lowest BCUT2D eigenvalue weighted by molar-refractivity contribution is 0.0784. The van der Waals surface area contributed by atoms with Gasteiger partial charge in [0.05, 0.1) is 6.54 Å². The first-order valence-corrected chi connectivity index (χ1v) is 5.18. The maximum Gasteiger partial charge on any atom is 0.202 e. The van der Waals surface area contributed by atoms with Crippen molar-refractivity contribution in [3.8, 4) is 0 Å². The first-order valence-electron chi connectivity index (χ1n) is 4.41. The second-order valence-corrected chi connectivity index (χ2v) is 4.26. The lowest BCUT2D eigenvalue weighted by Gasteiger charge is -2.33. The van der Waals surface area contributed by atoms with E-state index in [9.17, 15) is 4.39 Å². The quantitative estimate of drug-likeness (QED) is 0.814. The molecule has 0 spiro atoms. The van der Waals surface area contributed by atoms with Crippen LogP contribution in [0, 0.1) is 6.92 Å². The lowest BCUT2D eigenvalue weighted by atomic mass is 9.82. The van der Waals surface area contributed by atoms with E-state index in [2.05, 4.69) is 14.7 Å². The van der Waals surface area contributed by atoms with E-state index in [0.29, 0.717) is 19.4 Å². The van der Waals surface area contributed by atoms with E-state index in [1.807, 2.05) is 6.92 Å². The van der Waals surface area contributed by atoms with E-state index in [4.69, 9.17) is 0 Å². The average Bonchev–Trinajstić information content (AvgIpc) is 2.44. The smallest absolute Gasteiger partial charge is 0.202 e. The zero-order valence-corrected chi connectivity index (χ0v) is 8.33. The van der Waals surface area contributed by atoms with Gasteiger partial charge in [0.25, 0.3) is 0 Å². The van der Waals surface area contributed by atoms with Crippen LogP contribution in [-0.2, 0) is 0 Å². The molecule has 0 aromatic carbocycles. The molecule has 13 heavy (non-hydrogen) atoms. The number of hydrogen-bond acceptors (Lipinski definition) is 4. The second-order valence-electron chi connectivity index (χ2n) is 3.50. The van der Waals surface area contributed by atoms with Gasteiger partial charge in [-0.15, -0.1) is 0 Å². The Balaban J connectivity index is 1.85. The third-order valence-corrected chi connectivity index (χ3v) is 3.10. The lowest BCUT2D eigenvalue weighted by Crippen LogP contribution is -2.39. The molecule has 72 valence electrons. The number of alkyl halides is 1. The van der Waals surface area contributed by atoms with E-state index in [-0.39, 0.29) is 0 Å². The summed E-state index contributed by atoms with van der Waals surface area (Å²) < 4.78 is 17.5. The highest BCUT2D eigenvalue weighted by Gasteiger charge is 2.36. The van der Waals surface area contributed by atoms with Crippen molar-refractivity contribution >= 4 is 16.7 Å². The molecule has 0 saturated heterocycles. The summed E-state index contributed by atoms with van der Waals surface area (Å²) >= 11 is 1.29. The number of rotatable bonds is 3. The molecule has 1 aromatic heterocycles. The van der Waals surface area contributed by atoms with Gasteiger partial charge in [0.15, 0.2) is 0 Å². The normalized spacial score (nSPS) is 19.5. The van der Waals surface area contributed by atoms with Crippen molar-refractivity contribution in [1.82, 2.24) is 9.36 Å². The Morgan fingerprint density at radius 2 is 2.38 bits per heavy atom. The highest BCUT2D eigenvalue weighted by Crippen LogP contribution is 2.35. The van der Waals surface area contributed by atoms with Crippen molar-refractivity contribution < 1.29 is 4.39 Å². The van der Waals surface area contributed by atoms with Crippen molar-refractivity contribution in [2.24, 2.45) is 0 Å². The Bertz CT molecular complexity index is 295. The summed E-state index contributed by atoms with van der Waals surface area (Å²) in [5, 5.41) is 3.70. The number of nitrogens with zero attached hydrogens (tertiary/aromatic N) is 2. The predicted molar refractivity (Wildman–Crippen MR) is 50.8 cm³/mol. The van der Waals surface area contributed by atoms with Crippen LogP contribution in [0.5, 0.6) is 0 Å². The molecule has 5 heteroatoms. The molecule has 1 N–H and O–H groups in total. The zero-order valence-electron chi connectivity index (χ0n) is 7.51. The number of aromatic nitrogens is 2. The van der Waals surface area contributed by atoms with Gasteiger partial charge in [0.2, 0.25) is 5.13 Å². The van der Waals surface area contributed by atoms with Crippen LogP contribution in [0.25, 0.3) is 0 Å². The molecule has 0 unspecified atom stereocenters. The fourth-order valence-corrected chi connectivity index (χ4v) is 1.91. The minimum absolute atomic E-state index is 0.377. The van der Waals surface area contributed by atoms with E-state index >= 15 is 0 Å². The van der Waals surface area contributed by atoms with E-state index in [1.54, 1.807) is 0 Å². The van der Waals surface area contributed by atoms with Gasteiger partial charge in [-0.2, -0.15) is 4.37 Å². The highest BCUT2D eigenvalue weighted by molar-refractivity contribution is 7.09. The molecule has 1 fully saturated rings. The van der Waals surface area contributed by atoms with Crippen LogP contribution >= 0.6 is 11.5 Å². The average molecular weight is 201 g/mol.